The monoisotopic (exact) mass is 257 g/mol. The Balaban J connectivity index is 2.00. The minimum absolute atomic E-state index is 0.162. The predicted octanol–water partition coefficient (Wildman–Crippen LogP) is 1.90. The van der Waals surface area contributed by atoms with Gasteiger partial charge in [-0.15, -0.1) is 0 Å². The highest BCUT2D eigenvalue weighted by molar-refractivity contribution is 5.96. The van der Waals surface area contributed by atoms with E-state index in [2.05, 4.69) is 15.6 Å². The minimum Gasteiger partial charge on any atom is -0.367 e. The van der Waals surface area contributed by atoms with Gasteiger partial charge in [0, 0.05) is 37.1 Å². The van der Waals surface area contributed by atoms with Crippen LogP contribution in [0.1, 0.15) is 22.8 Å². The number of nitrogens with one attached hydrogen (secondary N) is 3. The Morgan fingerprint density at radius 2 is 2.11 bits per heavy atom. The van der Waals surface area contributed by atoms with Gasteiger partial charge in [-0.05, 0) is 29.8 Å². The summed E-state index contributed by atoms with van der Waals surface area (Å²) in [5.41, 5.74) is 2.13. The molecule has 5 heteroatoms. The van der Waals surface area contributed by atoms with Gasteiger partial charge < -0.3 is 15.6 Å². The first-order valence-electron chi connectivity index (χ1n) is 5.92. The highest BCUT2D eigenvalue weighted by atomic mass is 16.2. The summed E-state index contributed by atoms with van der Waals surface area (Å²) >= 11 is 0. The van der Waals surface area contributed by atoms with Gasteiger partial charge in [-0.2, -0.15) is 0 Å². The highest BCUT2D eigenvalue weighted by Gasteiger charge is 2.06. The molecule has 0 fully saturated rings. The summed E-state index contributed by atoms with van der Waals surface area (Å²) in [4.78, 5) is 25.8. The van der Waals surface area contributed by atoms with Crippen LogP contribution < -0.4 is 10.6 Å². The molecule has 2 aromatic rings. The molecule has 2 rings (SSSR count). The molecule has 19 heavy (non-hydrogen) atoms. The summed E-state index contributed by atoms with van der Waals surface area (Å²) in [5, 5.41) is 5.46. The molecule has 0 unspecified atom stereocenters. The highest BCUT2D eigenvalue weighted by Crippen LogP contribution is 2.10. The van der Waals surface area contributed by atoms with Gasteiger partial charge >= 0.3 is 0 Å². The van der Waals surface area contributed by atoms with E-state index in [1.165, 1.54) is 6.92 Å². The van der Waals surface area contributed by atoms with Gasteiger partial charge in [-0.3, -0.25) is 9.59 Å². The third-order valence-corrected chi connectivity index (χ3v) is 2.56. The molecule has 0 aliphatic carbocycles. The van der Waals surface area contributed by atoms with Gasteiger partial charge in [-0.1, -0.05) is 6.07 Å². The van der Waals surface area contributed by atoms with Gasteiger partial charge in [0.05, 0.1) is 0 Å². The van der Waals surface area contributed by atoms with Crippen LogP contribution in [-0.2, 0) is 11.3 Å². The fourth-order valence-corrected chi connectivity index (χ4v) is 1.69. The maximum absolute atomic E-state index is 11.9. The molecule has 0 bridgehead atoms. The topological polar surface area (TPSA) is 74.0 Å². The Hall–Kier alpha value is -2.56. The quantitative estimate of drug-likeness (QED) is 0.782. The lowest BCUT2D eigenvalue weighted by Gasteiger charge is -2.06. The molecule has 1 aromatic carbocycles. The van der Waals surface area contributed by atoms with Crippen molar-refractivity contribution in [3.8, 4) is 0 Å². The van der Waals surface area contributed by atoms with Crippen LogP contribution in [0.3, 0.4) is 0 Å². The first-order valence-corrected chi connectivity index (χ1v) is 5.92. The number of aromatic nitrogens is 1. The number of anilines is 1. The number of carbonyl (C=O) groups excluding carboxylic acids is 2. The van der Waals surface area contributed by atoms with Crippen LogP contribution in [0, 0.1) is 0 Å². The van der Waals surface area contributed by atoms with Crippen molar-refractivity contribution in [3.05, 3.63) is 53.9 Å². The Kier molecular flexibility index (Phi) is 3.97. The van der Waals surface area contributed by atoms with Gasteiger partial charge in [0.2, 0.25) is 5.91 Å². The molecular weight excluding hydrogens is 242 g/mol. The molecule has 0 saturated carbocycles. The third kappa shape index (κ3) is 3.70. The second-order valence-corrected chi connectivity index (χ2v) is 4.16. The van der Waals surface area contributed by atoms with Gasteiger partial charge in [0.1, 0.15) is 0 Å². The summed E-state index contributed by atoms with van der Waals surface area (Å²) in [7, 11) is 0. The second kappa shape index (κ2) is 5.86. The smallest absolute Gasteiger partial charge is 0.251 e. The first-order chi connectivity index (χ1) is 9.15. The van der Waals surface area contributed by atoms with Gasteiger partial charge in [-0.25, -0.2) is 0 Å². The molecule has 0 radical (unpaired) electrons. The number of aromatic amines is 1. The zero-order valence-corrected chi connectivity index (χ0v) is 10.6. The minimum atomic E-state index is -0.173. The fraction of sp³-hybridized carbons (Fsp3) is 0.143. The van der Waals surface area contributed by atoms with E-state index in [0.717, 1.165) is 5.56 Å². The lowest BCUT2D eigenvalue weighted by atomic mass is 10.2. The van der Waals surface area contributed by atoms with E-state index in [4.69, 9.17) is 0 Å². The fourth-order valence-electron chi connectivity index (χ4n) is 1.69. The number of hydrogen-bond donors (Lipinski definition) is 3. The van der Waals surface area contributed by atoms with Crippen LogP contribution in [-0.4, -0.2) is 16.8 Å². The summed E-state index contributed by atoms with van der Waals surface area (Å²) in [6, 6.07) is 8.72. The molecule has 3 N–H and O–H groups in total. The number of amides is 2. The Labute approximate surface area is 111 Å². The maximum Gasteiger partial charge on any atom is 0.251 e. The van der Waals surface area contributed by atoms with Crippen molar-refractivity contribution in [1.82, 2.24) is 10.3 Å². The molecule has 0 aliphatic rings. The lowest BCUT2D eigenvalue weighted by Crippen LogP contribution is -2.22. The summed E-state index contributed by atoms with van der Waals surface area (Å²) in [6.45, 7) is 1.89. The molecule has 2 amide bonds. The molecule has 1 heterocycles. The van der Waals surface area contributed by atoms with Crippen LogP contribution in [0.15, 0.2) is 42.7 Å². The summed E-state index contributed by atoms with van der Waals surface area (Å²) in [6.07, 6.45) is 3.63. The number of carbonyl (C=O) groups is 2. The van der Waals surface area contributed by atoms with Crippen molar-refractivity contribution in [3.63, 3.8) is 0 Å². The van der Waals surface area contributed by atoms with Crippen molar-refractivity contribution in [2.75, 3.05) is 5.32 Å². The zero-order valence-electron chi connectivity index (χ0n) is 10.6. The normalized spacial score (nSPS) is 9.95. The number of rotatable bonds is 4. The molecule has 0 spiro atoms. The van der Waals surface area contributed by atoms with Gasteiger partial charge in [0.25, 0.3) is 5.91 Å². The van der Waals surface area contributed by atoms with E-state index < -0.39 is 0 Å². The second-order valence-electron chi connectivity index (χ2n) is 4.16. The van der Waals surface area contributed by atoms with E-state index in [-0.39, 0.29) is 11.8 Å². The van der Waals surface area contributed by atoms with Crippen LogP contribution in [0.4, 0.5) is 5.69 Å². The first kappa shape index (κ1) is 12.9. The Morgan fingerprint density at radius 1 is 1.26 bits per heavy atom. The molecule has 98 valence electrons. The van der Waals surface area contributed by atoms with Crippen LogP contribution in [0.2, 0.25) is 0 Å². The van der Waals surface area contributed by atoms with E-state index in [1.54, 1.807) is 30.5 Å². The van der Waals surface area contributed by atoms with Crippen LogP contribution in [0.25, 0.3) is 0 Å². The molecule has 5 nitrogen and oxygen atoms in total. The summed E-state index contributed by atoms with van der Waals surface area (Å²) in [5.74, 6) is -0.335. The zero-order chi connectivity index (χ0) is 13.7. The maximum atomic E-state index is 11.9. The average Bonchev–Trinajstić information content (AvgIpc) is 2.88. The summed E-state index contributed by atoms with van der Waals surface area (Å²) < 4.78 is 0. The van der Waals surface area contributed by atoms with E-state index in [1.807, 2.05) is 12.3 Å². The van der Waals surface area contributed by atoms with Crippen LogP contribution in [0.5, 0.6) is 0 Å². The molecule has 1 aromatic heterocycles. The average molecular weight is 257 g/mol. The third-order valence-electron chi connectivity index (χ3n) is 2.56. The largest absolute Gasteiger partial charge is 0.367 e. The number of H-pyrrole nitrogens is 1. The Morgan fingerprint density at radius 3 is 2.79 bits per heavy atom. The molecule has 0 saturated heterocycles. The number of benzene rings is 1. The Bertz CT molecular complexity index is 576. The standard InChI is InChI=1S/C14H15N3O2/c1-10(18)17-13-4-2-3-12(7-13)14(19)16-9-11-5-6-15-8-11/h2-8,15H,9H2,1H3,(H,16,19)(H,17,18). The van der Waals surface area contributed by atoms with Crippen molar-refractivity contribution in [2.24, 2.45) is 0 Å². The predicted molar refractivity (Wildman–Crippen MR) is 72.7 cm³/mol. The van der Waals surface area contributed by atoms with Gasteiger partial charge in [0.15, 0.2) is 0 Å². The van der Waals surface area contributed by atoms with E-state index >= 15 is 0 Å². The van der Waals surface area contributed by atoms with Crippen molar-refractivity contribution in [1.29, 1.82) is 0 Å². The van der Waals surface area contributed by atoms with E-state index in [9.17, 15) is 9.59 Å². The lowest BCUT2D eigenvalue weighted by molar-refractivity contribution is -0.114. The van der Waals surface area contributed by atoms with Crippen molar-refractivity contribution in [2.45, 2.75) is 13.5 Å². The number of hydrogen-bond acceptors (Lipinski definition) is 2. The molecule has 0 atom stereocenters. The molecule has 0 aliphatic heterocycles. The molecular formula is C14H15N3O2. The SMILES string of the molecule is CC(=O)Nc1cccc(C(=O)NCc2cc[nH]c2)c1. The van der Waals surface area contributed by atoms with E-state index in [0.29, 0.717) is 17.8 Å². The van der Waals surface area contributed by atoms with Crippen molar-refractivity contribution >= 4 is 17.5 Å². The van der Waals surface area contributed by atoms with Crippen LogP contribution >= 0.6 is 0 Å². The van der Waals surface area contributed by atoms with Crippen molar-refractivity contribution < 1.29 is 9.59 Å².